The third-order valence-corrected chi connectivity index (χ3v) is 4.60. The third-order valence-electron chi connectivity index (χ3n) is 3.49. The van der Waals surface area contributed by atoms with Gasteiger partial charge in [-0.25, -0.2) is 4.98 Å². The number of hydrogen-bond acceptors (Lipinski definition) is 6. The third kappa shape index (κ3) is 3.48. The van der Waals surface area contributed by atoms with Crippen LogP contribution in [0.1, 0.15) is 17.1 Å². The van der Waals surface area contributed by atoms with Crippen molar-refractivity contribution < 1.29 is 4.52 Å². The lowest BCUT2D eigenvalue weighted by atomic mass is 10.2. The van der Waals surface area contributed by atoms with E-state index in [1.54, 1.807) is 0 Å². The average molecular weight is 328 g/mol. The summed E-state index contributed by atoms with van der Waals surface area (Å²) in [6.45, 7) is 4.68. The number of benzene rings is 1. The van der Waals surface area contributed by atoms with Gasteiger partial charge in [-0.3, -0.25) is 0 Å². The highest BCUT2D eigenvalue weighted by atomic mass is 32.2. The number of para-hydroxylation sites is 1. The monoisotopic (exact) mass is 328 g/mol. The second kappa shape index (κ2) is 6.60. The number of nitrogens with zero attached hydrogens (tertiary/aromatic N) is 3. The van der Waals surface area contributed by atoms with Crippen LogP contribution in [0.4, 0.5) is 5.69 Å². The quantitative estimate of drug-likeness (QED) is 0.714. The van der Waals surface area contributed by atoms with Crippen LogP contribution < -0.4 is 4.72 Å². The predicted molar refractivity (Wildman–Crippen MR) is 94.6 cm³/mol. The molecule has 0 aliphatic carbocycles. The topological polar surface area (TPSA) is 54.2 Å². The molecule has 23 heavy (non-hydrogen) atoms. The molecule has 0 spiro atoms. The van der Waals surface area contributed by atoms with Gasteiger partial charge in [0, 0.05) is 11.9 Å². The summed E-state index contributed by atoms with van der Waals surface area (Å²) in [4.78, 5) is 7.94. The maximum absolute atomic E-state index is 5.20. The van der Waals surface area contributed by atoms with Crippen LogP contribution >= 0.6 is 11.9 Å². The highest BCUT2D eigenvalue weighted by molar-refractivity contribution is 8.00. The highest BCUT2D eigenvalue weighted by Crippen LogP contribution is 2.30. The van der Waals surface area contributed by atoms with Gasteiger partial charge >= 0.3 is 0 Å². The lowest BCUT2D eigenvalue weighted by molar-refractivity contribution is 0.391. The van der Waals surface area contributed by atoms with Gasteiger partial charge in [-0.05, 0) is 52.0 Å². The molecule has 0 aliphatic heterocycles. The van der Waals surface area contributed by atoms with Gasteiger partial charge in [-0.15, -0.1) is 0 Å². The SMILES string of the molecule is Cc1noc(C)c1SNc1cccc2ccc(CN(C)C)nc12. The second-order valence-corrected chi connectivity index (χ2v) is 6.59. The smallest absolute Gasteiger partial charge is 0.149 e. The van der Waals surface area contributed by atoms with Gasteiger partial charge in [0.25, 0.3) is 0 Å². The number of aryl methyl sites for hydroxylation is 2. The van der Waals surface area contributed by atoms with Crippen molar-refractivity contribution in [3.05, 3.63) is 47.5 Å². The molecule has 120 valence electrons. The largest absolute Gasteiger partial charge is 0.360 e. The molecule has 0 aliphatic rings. The number of anilines is 1. The fraction of sp³-hybridized carbons (Fsp3) is 0.294. The van der Waals surface area contributed by atoms with Crippen LogP contribution in [0.15, 0.2) is 39.8 Å². The summed E-state index contributed by atoms with van der Waals surface area (Å²) in [5.41, 5.74) is 3.92. The molecule has 0 atom stereocenters. The summed E-state index contributed by atoms with van der Waals surface area (Å²) in [7, 11) is 4.09. The summed E-state index contributed by atoms with van der Waals surface area (Å²) in [6.07, 6.45) is 0. The first kappa shape index (κ1) is 15.8. The Balaban J connectivity index is 1.90. The van der Waals surface area contributed by atoms with Crippen LogP contribution in [0, 0.1) is 13.8 Å². The van der Waals surface area contributed by atoms with E-state index in [1.165, 1.54) is 11.9 Å². The molecule has 0 fully saturated rings. The Labute approximate surface area is 140 Å². The molecule has 1 aromatic carbocycles. The van der Waals surface area contributed by atoms with Crippen molar-refractivity contribution in [3.63, 3.8) is 0 Å². The maximum Gasteiger partial charge on any atom is 0.149 e. The van der Waals surface area contributed by atoms with E-state index in [2.05, 4.69) is 33.0 Å². The molecule has 6 heteroatoms. The zero-order chi connectivity index (χ0) is 16.4. The summed E-state index contributed by atoms with van der Waals surface area (Å²) >= 11 is 1.51. The molecular formula is C17H20N4OS. The Kier molecular flexibility index (Phi) is 4.54. The molecule has 2 heterocycles. The van der Waals surface area contributed by atoms with Gasteiger partial charge in [-0.2, -0.15) is 0 Å². The van der Waals surface area contributed by atoms with Gasteiger partial charge in [0.2, 0.25) is 0 Å². The van der Waals surface area contributed by atoms with Crippen LogP contribution in [-0.4, -0.2) is 29.1 Å². The van der Waals surface area contributed by atoms with Crippen LogP contribution in [0.25, 0.3) is 10.9 Å². The molecular weight excluding hydrogens is 308 g/mol. The van der Waals surface area contributed by atoms with Crippen LogP contribution in [0.5, 0.6) is 0 Å². The molecule has 0 amide bonds. The van der Waals surface area contributed by atoms with Crippen molar-refractivity contribution in [1.82, 2.24) is 15.0 Å². The van der Waals surface area contributed by atoms with Crippen molar-refractivity contribution in [2.45, 2.75) is 25.3 Å². The molecule has 5 nitrogen and oxygen atoms in total. The van der Waals surface area contributed by atoms with E-state index in [-0.39, 0.29) is 0 Å². The Morgan fingerprint density at radius 3 is 2.70 bits per heavy atom. The van der Waals surface area contributed by atoms with E-state index in [0.717, 1.165) is 45.2 Å². The van der Waals surface area contributed by atoms with E-state index in [4.69, 9.17) is 9.51 Å². The Morgan fingerprint density at radius 2 is 2.00 bits per heavy atom. The molecule has 3 rings (SSSR count). The highest BCUT2D eigenvalue weighted by Gasteiger charge is 2.11. The van der Waals surface area contributed by atoms with Crippen LogP contribution in [-0.2, 0) is 6.54 Å². The van der Waals surface area contributed by atoms with Crippen LogP contribution in [0.2, 0.25) is 0 Å². The fourth-order valence-electron chi connectivity index (χ4n) is 2.41. The standard InChI is InChI=1S/C17H20N4OS/c1-11-17(12(2)22-19-11)23-20-15-7-5-6-13-8-9-14(10-21(3)4)18-16(13)15/h5-9,20H,10H2,1-4H3. The first-order valence-electron chi connectivity index (χ1n) is 7.43. The Hall–Kier alpha value is -2.05. The molecule has 0 unspecified atom stereocenters. The molecule has 0 radical (unpaired) electrons. The zero-order valence-corrected chi connectivity index (χ0v) is 14.6. The Morgan fingerprint density at radius 1 is 1.17 bits per heavy atom. The van der Waals surface area contributed by atoms with Crippen LogP contribution in [0.3, 0.4) is 0 Å². The predicted octanol–water partition coefficient (Wildman–Crippen LogP) is 4.02. The molecule has 0 saturated carbocycles. The summed E-state index contributed by atoms with van der Waals surface area (Å²) in [5, 5.41) is 5.10. The number of aromatic nitrogens is 2. The molecule has 0 bridgehead atoms. The first-order chi connectivity index (χ1) is 11.0. The van der Waals surface area contributed by atoms with Crippen molar-refractivity contribution in [2.24, 2.45) is 0 Å². The number of nitrogens with one attached hydrogen (secondary N) is 1. The minimum atomic E-state index is 0.821. The Bertz CT molecular complexity index is 809. The summed E-state index contributed by atoms with van der Waals surface area (Å²) in [5.74, 6) is 0.821. The fourth-order valence-corrected chi connectivity index (χ4v) is 3.15. The summed E-state index contributed by atoms with van der Waals surface area (Å²) < 4.78 is 8.59. The minimum Gasteiger partial charge on any atom is -0.360 e. The van der Waals surface area contributed by atoms with Gasteiger partial charge in [0.15, 0.2) is 0 Å². The summed E-state index contributed by atoms with van der Waals surface area (Å²) in [6, 6.07) is 10.3. The number of hydrogen-bond donors (Lipinski definition) is 1. The van der Waals surface area contributed by atoms with Crippen molar-refractivity contribution in [3.8, 4) is 0 Å². The normalized spacial score (nSPS) is 11.3. The molecule has 3 aromatic rings. The van der Waals surface area contributed by atoms with E-state index in [9.17, 15) is 0 Å². The van der Waals surface area contributed by atoms with Gasteiger partial charge in [-0.1, -0.05) is 23.4 Å². The van der Waals surface area contributed by atoms with Crippen molar-refractivity contribution in [2.75, 3.05) is 18.8 Å². The zero-order valence-electron chi connectivity index (χ0n) is 13.8. The van der Waals surface area contributed by atoms with Gasteiger partial charge in [0.05, 0.1) is 27.5 Å². The van der Waals surface area contributed by atoms with Gasteiger partial charge in [0.1, 0.15) is 5.76 Å². The second-order valence-electron chi connectivity index (χ2n) is 5.78. The minimum absolute atomic E-state index is 0.821. The molecule has 2 aromatic heterocycles. The molecule has 1 N–H and O–H groups in total. The number of rotatable bonds is 5. The van der Waals surface area contributed by atoms with Crippen molar-refractivity contribution in [1.29, 1.82) is 0 Å². The first-order valence-corrected chi connectivity index (χ1v) is 8.25. The number of fused-ring (bicyclic) bond motifs is 1. The van der Waals surface area contributed by atoms with E-state index >= 15 is 0 Å². The van der Waals surface area contributed by atoms with Gasteiger partial charge < -0.3 is 14.1 Å². The lowest BCUT2D eigenvalue weighted by Gasteiger charge is -2.12. The van der Waals surface area contributed by atoms with E-state index in [1.807, 2.05) is 40.1 Å². The van der Waals surface area contributed by atoms with E-state index in [0.29, 0.717) is 0 Å². The van der Waals surface area contributed by atoms with Crippen molar-refractivity contribution >= 4 is 28.5 Å². The number of pyridine rings is 1. The average Bonchev–Trinajstić information content (AvgIpc) is 2.83. The maximum atomic E-state index is 5.20. The lowest BCUT2D eigenvalue weighted by Crippen LogP contribution is -2.11. The van der Waals surface area contributed by atoms with E-state index < -0.39 is 0 Å². The molecule has 0 saturated heterocycles.